The quantitative estimate of drug-likeness (QED) is 0.631. The predicted octanol–water partition coefficient (Wildman–Crippen LogP) is 3.35. The van der Waals surface area contributed by atoms with Gasteiger partial charge in [-0.25, -0.2) is 4.79 Å². The smallest absolute Gasteiger partial charge is 0.340 e. The summed E-state index contributed by atoms with van der Waals surface area (Å²) in [6.45, 7) is 9.67. The van der Waals surface area contributed by atoms with Crippen LogP contribution in [0.1, 0.15) is 56.5 Å². The maximum atomic E-state index is 12.0. The van der Waals surface area contributed by atoms with Crippen molar-refractivity contribution in [3.05, 3.63) is 29.3 Å². The molecule has 2 N–H and O–H groups in total. The van der Waals surface area contributed by atoms with Gasteiger partial charge in [-0.05, 0) is 44.4 Å². The first-order valence-corrected chi connectivity index (χ1v) is 5.83. The number of rotatable bonds is 2. The van der Waals surface area contributed by atoms with E-state index in [1.165, 1.54) is 0 Å². The monoisotopic (exact) mass is 235 g/mol. The summed E-state index contributed by atoms with van der Waals surface area (Å²) in [7, 11) is 0. The Morgan fingerprint density at radius 1 is 1.29 bits per heavy atom. The molecule has 0 aliphatic carbocycles. The first-order valence-electron chi connectivity index (χ1n) is 5.83. The third-order valence-corrected chi connectivity index (χ3v) is 2.36. The van der Waals surface area contributed by atoms with E-state index in [0.717, 1.165) is 5.56 Å². The van der Waals surface area contributed by atoms with Crippen LogP contribution in [0.25, 0.3) is 0 Å². The molecule has 1 aromatic carbocycles. The van der Waals surface area contributed by atoms with Crippen molar-refractivity contribution >= 4 is 11.7 Å². The van der Waals surface area contributed by atoms with Crippen molar-refractivity contribution in [1.82, 2.24) is 0 Å². The molecule has 0 aromatic heterocycles. The zero-order chi connectivity index (χ0) is 13.2. The second-order valence-corrected chi connectivity index (χ2v) is 5.50. The Hall–Kier alpha value is -1.51. The first-order chi connectivity index (χ1) is 7.70. The van der Waals surface area contributed by atoms with E-state index >= 15 is 0 Å². The fraction of sp³-hybridized carbons (Fsp3) is 0.500. The standard InChI is InChI=1S/C14H21NO2/c1-9(2)10-6-7-12(15)11(8-10)13(16)17-14(3,4)5/h6-9H,15H2,1-5H3. The molecule has 1 rings (SSSR count). The van der Waals surface area contributed by atoms with Crippen molar-refractivity contribution in [1.29, 1.82) is 0 Å². The van der Waals surface area contributed by atoms with Crippen LogP contribution < -0.4 is 5.73 Å². The lowest BCUT2D eigenvalue weighted by Crippen LogP contribution is -2.24. The molecule has 94 valence electrons. The van der Waals surface area contributed by atoms with Gasteiger partial charge in [0.1, 0.15) is 5.60 Å². The third-order valence-electron chi connectivity index (χ3n) is 2.36. The zero-order valence-corrected chi connectivity index (χ0v) is 11.2. The van der Waals surface area contributed by atoms with Crippen LogP contribution in [0.4, 0.5) is 5.69 Å². The van der Waals surface area contributed by atoms with E-state index in [9.17, 15) is 4.79 Å². The number of benzene rings is 1. The highest BCUT2D eigenvalue weighted by Crippen LogP contribution is 2.22. The lowest BCUT2D eigenvalue weighted by molar-refractivity contribution is 0.00707. The Bertz CT molecular complexity index is 417. The number of ether oxygens (including phenoxy) is 1. The average molecular weight is 235 g/mol. The average Bonchev–Trinajstić information content (AvgIpc) is 2.14. The minimum Gasteiger partial charge on any atom is -0.456 e. The van der Waals surface area contributed by atoms with Crippen molar-refractivity contribution in [3.63, 3.8) is 0 Å². The number of hydrogen-bond acceptors (Lipinski definition) is 3. The number of esters is 1. The number of hydrogen-bond donors (Lipinski definition) is 1. The highest BCUT2D eigenvalue weighted by molar-refractivity contribution is 5.95. The molecule has 3 nitrogen and oxygen atoms in total. The van der Waals surface area contributed by atoms with Crippen LogP contribution in [0, 0.1) is 0 Å². The number of carbonyl (C=O) groups is 1. The summed E-state index contributed by atoms with van der Waals surface area (Å²) < 4.78 is 5.32. The molecule has 0 aliphatic rings. The van der Waals surface area contributed by atoms with Gasteiger partial charge in [0.05, 0.1) is 5.56 Å². The fourth-order valence-corrected chi connectivity index (χ4v) is 1.44. The Morgan fingerprint density at radius 2 is 1.88 bits per heavy atom. The van der Waals surface area contributed by atoms with Gasteiger partial charge in [0.15, 0.2) is 0 Å². The molecule has 3 heteroatoms. The minimum atomic E-state index is -0.503. The van der Waals surface area contributed by atoms with Crippen molar-refractivity contribution in [2.45, 2.75) is 46.1 Å². The molecule has 0 radical (unpaired) electrons. The molecule has 0 amide bonds. The van der Waals surface area contributed by atoms with Gasteiger partial charge < -0.3 is 10.5 Å². The van der Waals surface area contributed by atoms with Crippen LogP contribution in [0.2, 0.25) is 0 Å². The van der Waals surface area contributed by atoms with E-state index < -0.39 is 5.60 Å². The van der Waals surface area contributed by atoms with Gasteiger partial charge in [0, 0.05) is 5.69 Å². The van der Waals surface area contributed by atoms with E-state index in [0.29, 0.717) is 17.2 Å². The zero-order valence-electron chi connectivity index (χ0n) is 11.2. The van der Waals surface area contributed by atoms with E-state index in [4.69, 9.17) is 10.5 Å². The molecule has 0 aliphatic heterocycles. The van der Waals surface area contributed by atoms with E-state index in [1.54, 1.807) is 6.07 Å². The molecular weight excluding hydrogens is 214 g/mol. The molecule has 0 fully saturated rings. The van der Waals surface area contributed by atoms with E-state index in [2.05, 4.69) is 13.8 Å². The van der Waals surface area contributed by atoms with Gasteiger partial charge in [-0.2, -0.15) is 0 Å². The first kappa shape index (κ1) is 13.6. The van der Waals surface area contributed by atoms with Gasteiger partial charge in [-0.15, -0.1) is 0 Å². The predicted molar refractivity (Wildman–Crippen MR) is 70.1 cm³/mol. The topological polar surface area (TPSA) is 52.3 Å². The summed E-state index contributed by atoms with van der Waals surface area (Å²) in [4.78, 5) is 12.0. The Labute approximate surface area is 103 Å². The van der Waals surface area contributed by atoms with Crippen molar-refractivity contribution < 1.29 is 9.53 Å². The third kappa shape index (κ3) is 3.77. The lowest BCUT2D eigenvalue weighted by atomic mass is 10.00. The molecule has 0 saturated carbocycles. The Morgan fingerprint density at radius 3 is 2.35 bits per heavy atom. The summed E-state index contributed by atoms with van der Waals surface area (Å²) in [5.41, 5.74) is 7.30. The van der Waals surface area contributed by atoms with Gasteiger partial charge in [-0.1, -0.05) is 19.9 Å². The van der Waals surface area contributed by atoms with Crippen LogP contribution >= 0.6 is 0 Å². The van der Waals surface area contributed by atoms with Crippen LogP contribution in [0.5, 0.6) is 0 Å². The van der Waals surface area contributed by atoms with Crippen molar-refractivity contribution in [2.24, 2.45) is 0 Å². The molecule has 0 bridgehead atoms. The summed E-state index contributed by atoms with van der Waals surface area (Å²) in [6.07, 6.45) is 0. The second kappa shape index (κ2) is 4.78. The molecule has 1 aromatic rings. The Balaban J connectivity index is 3.04. The van der Waals surface area contributed by atoms with Crippen LogP contribution in [-0.2, 0) is 4.74 Å². The largest absolute Gasteiger partial charge is 0.456 e. The molecule has 0 spiro atoms. The van der Waals surface area contributed by atoms with Gasteiger partial charge >= 0.3 is 5.97 Å². The molecule has 0 atom stereocenters. The lowest BCUT2D eigenvalue weighted by Gasteiger charge is -2.20. The highest BCUT2D eigenvalue weighted by atomic mass is 16.6. The highest BCUT2D eigenvalue weighted by Gasteiger charge is 2.20. The maximum absolute atomic E-state index is 12.0. The normalized spacial score (nSPS) is 11.6. The number of carbonyl (C=O) groups excluding carboxylic acids is 1. The van der Waals surface area contributed by atoms with Gasteiger partial charge in [-0.3, -0.25) is 0 Å². The van der Waals surface area contributed by atoms with Gasteiger partial charge in [0.25, 0.3) is 0 Å². The number of anilines is 1. The van der Waals surface area contributed by atoms with Crippen LogP contribution in [0.15, 0.2) is 18.2 Å². The van der Waals surface area contributed by atoms with Gasteiger partial charge in [0.2, 0.25) is 0 Å². The SMILES string of the molecule is CC(C)c1ccc(N)c(C(=O)OC(C)(C)C)c1. The minimum absolute atomic E-state index is 0.358. The number of nitrogens with two attached hydrogens (primary N) is 1. The molecular formula is C14H21NO2. The molecule has 0 saturated heterocycles. The Kier molecular flexibility index (Phi) is 3.81. The second-order valence-electron chi connectivity index (χ2n) is 5.50. The summed E-state index contributed by atoms with van der Waals surface area (Å²) in [5, 5.41) is 0. The summed E-state index contributed by atoms with van der Waals surface area (Å²) >= 11 is 0. The molecule has 0 unspecified atom stereocenters. The maximum Gasteiger partial charge on any atom is 0.340 e. The summed E-state index contributed by atoms with van der Waals surface area (Å²) in [6, 6.07) is 5.51. The van der Waals surface area contributed by atoms with E-state index in [-0.39, 0.29) is 5.97 Å². The molecule has 17 heavy (non-hydrogen) atoms. The van der Waals surface area contributed by atoms with Crippen molar-refractivity contribution in [3.8, 4) is 0 Å². The van der Waals surface area contributed by atoms with Crippen molar-refractivity contribution in [2.75, 3.05) is 5.73 Å². The fourth-order valence-electron chi connectivity index (χ4n) is 1.44. The van der Waals surface area contributed by atoms with Crippen LogP contribution in [0.3, 0.4) is 0 Å². The van der Waals surface area contributed by atoms with E-state index in [1.807, 2.05) is 32.9 Å². The molecule has 0 heterocycles. The summed E-state index contributed by atoms with van der Waals surface area (Å²) in [5.74, 6) is -0.00529. The van der Waals surface area contributed by atoms with Crippen LogP contribution in [-0.4, -0.2) is 11.6 Å². The number of nitrogen functional groups attached to an aromatic ring is 1.